The van der Waals surface area contributed by atoms with E-state index < -0.39 is 5.97 Å². The van der Waals surface area contributed by atoms with E-state index in [-0.39, 0.29) is 17.4 Å². The molecule has 0 spiro atoms. The normalized spacial score (nSPS) is 17.2. The summed E-state index contributed by atoms with van der Waals surface area (Å²) < 4.78 is 18.4. The van der Waals surface area contributed by atoms with Crippen LogP contribution in [0.4, 0.5) is 21.6 Å². The van der Waals surface area contributed by atoms with Gasteiger partial charge < -0.3 is 15.0 Å². The van der Waals surface area contributed by atoms with Crippen molar-refractivity contribution in [2.24, 2.45) is 5.92 Å². The van der Waals surface area contributed by atoms with Crippen molar-refractivity contribution >= 4 is 28.9 Å². The Morgan fingerprint density at radius 3 is 2.39 bits per heavy atom. The number of nitrogens with two attached hydrogens (primary N) is 1. The van der Waals surface area contributed by atoms with Crippen LogP contribution in [0.15, 0.2) is 30.3 Å². The van der Waals surface area contributed by atoms with E-state index in [1.807, 2.05) is 19.2 Å². The van der Waals surface area contributed by atoms with E-state index >= 15 is 0 Å². The predicted octanol–water partition coefficient (Wildman–Crippen LogP) is 3.23. The van der Waals surface area contributed by atoms with Gasteiger partial charge in [-0.05, 0) is 37.0 Å². The Labute approximate surface area is 194 Å². The molecule has 7 nitrogen and oxygen atoms in total. The molecule has 2 aliphatic rings. The number of halogens is 1. The number of anilines is 1. The molecule has 2 fully saturated rings. The molecule has 1 aliphatic heterocycles. The number of benzene rings is 1. The number of methoxy groups -OCH3 is 1. The topological polar surface area (TPSA) is 86.1 Å². The van der Waals surface area contributed by atoms with Crippen LogP contribution in [-0.2, 0) is 4.74 Å². The molecule has 8 heteroatoms. The van der Waals surface area contributed by atoms with E-state index in [1.54, 1.807) is 18.2 Å². The quantitative estimate of drug-likeness (QED) is 0.381. The number of pyridine rings is 1. The minimum atomic E-state index is -0.513. The molecular formula is C25H33FN5O2+. The van der Waals surface area contributed by atoms with Gasteiger partial charge in [0.05, 0.1) is 18.5 Å². The fourth-order valence-corrected chi connectivity index (χ4v) is 4.48. The van der Waals surface area contributed by atoms with Crippen LogP contribution in [0.1, 0.15) is 49.2 Å². The fraction of sp³-hybridized carbons (Fsp3) is 0.480. The second kappa shape index (κ2) is 9.97. The molecule has 1 aliphatic carbocycles. The fourth-order valence-electron chi connectivity index (χ4n) is 4.48. The summed E-state index contributed by atoms with van der Waals surface area (Å²) in [5, 5.41) is 10.7. The number of aromatic nitrogens is 1. The van der Waals surface area contributed by atoms with Crippen molar-refractivity contribution in [1.29, 1.82) is 5.41 Å². The second-order valence-corrected chi connectivity index (χ2v) is 9.15. The highest BCUT2D eigenvalue weighted by atomic mass is 19.1. The lowest BCUT2D eigenvalue weighted by molar-refractivity contribution is -0.483. The third-order valence-electron chi connectivity index (χ3n) is 6.69. The van der Waals surface area contributed by atoms with Crippen LogP contribution in [-0.4, -0.2) is 60.9 Å². The number of esters is 1. The summed E-state index contributed by atoms with van der Waals surface area (Å²) in [5.41, 5.74) is 2.99. The summed E-state index contributed by atoms with van der Waals surface area (Å²) in [5.74, 6) is -0.324. The zero-order valence-electron chi connectivity index (χ0n) is 19.6. The van der Waals surface area contributed by atoms with Gasteiger partial charge >= 0.3 is 5.97 Å². The molecule has 0 unspecified atom stereocenters. The average molecular weight is 455 g/mol. The van der Waals surface area contributed by atoms with Gasteiger partial charge in [-0.25, -0.2) is 9.18 Å². The summed E-state index contributed by atoms with van der Waals surface area (Å²) in [6.45, 7) is 7.55. The maximum atomic E-state index is 13.4. The van der Waals surface area contributed by atoms with Gasteiger partial charge in [-0.3, -0.25) is 10.2 Å². The van der Waals surface area contributed by atoms with Crippen molar-refractivity contribution in [3.05, 3.63) is 47.4 Å². The summed E-state index contributed by atoms with van der Waals surface area (Å²) in [6.07, 6.45) is 3.87. The van der Waals surface area contributed by atoms with E-state index in [0.29, 0.717) is 17.6 Å². The zero-order valence-corrected chi connectivity index (χ0v) is 19.6. The summed E-state index contributed by atoms with van der Waals surface area (Å²) >= 11 is 0. The van der Waals surface area contributed by atoms with Crippen LogP contribution < -0.4 is 10.2 Å². The number of quaternary nitrogens is 1. The van der Waals surface area contributed by atoms with Crippen LogP contribution in [0.25, 0.3) is 0 Å². The third kappa shape index (κ3) is 5.07. The smallest absolute Gasteiger partial charge is 0.356 e. The first kappa shape index (κ1) is 23.3. The van der Waals surface area contributed by atoms with Crippen LogP contribution in [0, 0.1) is 17.1 Å². The van der Waals surface area contributed by atoms with Crippen molar-refractivity contribution in [1.82, 2.24) is 9.88 Å². The largest absolute Gasteiger partial charge is 0.464 e. The molecule has 176 valence electrons. The summed E-state index contributed by atoms with van der Waals surface area (Å²) in [4.78, 5) is 21.9. The Morgan fingerprint density at radius 1 is 1.18 bits per heavy atom. The molecule has 1 aromatic heterocycles. The van der Waals surface area contributed by atoms with Gasteiger partial charge in [0.2, 0.25) is 5.82 Å². The molecule has 4 rings (SSSR count). The van der Waals surface area contributed by atoms with Crippen molar-refractivity contribution in [2.45, 2.75) is 39.2 Å². The third-order valence-corrected chi connectivity index (χ3v) is 6.69. The lowest BCUT2D eigenvalue weighted by atomic mass is 9.91. The molecule has 2 heterocycles. The maximum absolute atomic E-state index is 13.4. The van der Waals surface area contributed by atoms with E-state index in [2.05, 4.69) is 14.8 Å². The number of carbonyl (C=O) groups is 1. The molecule has 2 aromatic rings. The number of hydrogen-bond acceptors (Lipinski definition) is 6. The highest BCUT2D eigenvalue weighted by Gasteiger charge is 2.32. The van der Waals surface area contributed by atoms with Crippen LogP contribution in [0.5, 0.6) is 0 Å². The number of nitrogens with zero attached hydrogens (tertiary/aromatic N) is 3. The first-order valence-electron chi connectivity index (χ1n) is 11.7. The van der Waals surface area contributed by atoms with Crippen molar-refractivity contribution < 1.29 is 19.2 Å². The molecular weight excluding hydrogens is 421 g/mol. The van der Waals surface area contributed by atoms with Gasteiger partial charge in [0.25, 0.3) is 0 Å². The molecule has 0 atom stereocenters. The van der Waals surface area contributed by atoms with Gasteiger partial charge in [0.15, 0.2) is 5.69 Å². The van der Waals surface area contributed by atoms with Crippen LogP contribution in [0.2, 0.25) is 0 Å². The lowest BCUT2D eigenvalue weighted by Crippen LogP contribution is -2.72. The highest BCUT2D eigenvalue weighted by molar-refractivity contribution is 6.08. The van der Waals surface area contributed by atoms with Crippen LogP contribution in [0.3, 0.4) is 0 Å². The number of hydrogen-bond donors (Lipinski definition) is 2. The van der Waals surface area contributed by atoms with Gasteiger partial charge in [-0.15, -0.1) is 0 Å². The number of piperazine rings is 1. The van der Waals surface area contributed by atoms with Crippen molar-refractivity contribution in [2.75, 3.05) is 38.2 Å². The number of ether oxygens (including phenoxy) is 1. The summed E-state index contributed by atoms with van der Waals surface area (Å²) in [7, 11) is 1.34. The first-order chi connectivity index (χ1) is 15.9. The minimum Gasteiger partial charge on any atom is -0.464 e. The zero-order chi connectivity index (χ0) is 23.5. The Bertz CT molecular complexity index is 1010. The summed E-state index contributed by atoms with van der Waals surface area (Å²) in [6, 6.07) is 8.59. The highest BCUT2D eigenvalue weighted by Crippen LogP contribution is 2.31. The lowest BCUT2D eigenvalue weighted by Gasteiger charge is -2.44. The van der Waals surface area contributed by atoms with E-state index in [4.69, 9.17) is 10.1 Å². The van der Waals surface area contributed by atoms with Gasteiger partial charge in [-0.2, -0.15) is 4.98 Å². The molecule has 1 aromatic carbocycles. The Hall–Kier alpha value is -2.84. The average Bonchev–Trinajstić information content (AvgIpc) is 2.78. The second-order valence-electron chi connectivity index (χ2n) is 9.15. The molecule has 0 radical (unpaired) electrons. The Kier molecular flexibility index (Phi) is 7.05. The molecule has 33 heavy (non-hydrogen) atoms. The van der Waals surface area contributed by atoms with E-state index in [1.165, 1.54) is 38.5 Å². The molecule has 1 saturated heterocycles. The van der Waals surface area contributed by atoms with Crippen LogP contribution >= 0.6 is 0 Å². The molecule has 0 amide bonds. The van der Waals surface area contributed by atoms with Crippen molar-refractivity contribution in [3.8, 4) is 0 Å². The Morgan fingerprint density at radius 2 is 1.85 bits per heavy atom. The molecule has 0 bridgehead atoms. The van der Waals surface area contributed by atoms with Crippen molar-refractivity contribution in [3.63, 3.8) is 0 Å². The maximum Gasteiger partial charge on any atom is 0.356 e. The number of rotatable bonds is 7. The van der Waals surface area contributed by atoms with E-state index in [9.17, 15) is 9.18 Å². The number of nitrogens with one attached hydrogen (secondary N) is 1. The molecule has 1 saturated carbocycles. The van der Waals surface area contributed by atoms with Gasteiger partial charge in [0.1, 0.15) is 17.1 Å². The number of carbonyl (C=O) groups excluding carboxylic acids is 1. The van der Waals surface area contributed by atoms with Gasteiger partial charge in [-0.1, -0.05) is 20.3 Å². The first-order valence-corrected chi connectivity index (χ1v) is 11.7. The van der Waals surface area contributed by atoms with Gasteiger partial charge in [0, 0.05) is 44.4 Å². The monoisotopic (exact) mass is 454 g/mol. The van der Waals surface area contributed by atoms with E-state index in [0.717, 1.165) is 43.1 Å². The predicted molar refractivity (Wildman–Crippen MR) is 126 cm³/mol. The SMILES string of the molecule is COC(=O)c1cc(N2CCN(C3CCC3)CC2)c(C(=N)C(C)C)c([NH2+]c2ccc(F)cc2)n1. The Balaban J connectivity index is 1.74. The standard InChI is InChI=1S/C25H32FN5O2/c1-16(2)23(27)22-21(31-13-11-30(12-14-31)19-5-4-6-19)15-20(25(32)33-3)29-24(22)28-18-9-7-17(26)8-10-18/h7-10,15-16,19,27H,4-6,11-14H2,1-3H3,(H,28,29)/p+1. The molecule has 3 N–H and O–H groups in total. The minimum absolute atomic E-state index is 0.0221.